The van der Waals surface area contributed by atoms with Crippen LogP contribution in [0.25, 0.3) is 0 Å². The van der Waals surface area contributed by atoms with Gasteiger partial charge in [-0.3, -0.25) is 4.84 Å². The molecule has 1 unspecified atom stereocenters. The molecule has 0 saturated carbocycles. The van der Waals surface area contributed by atoms with Crippen LogP contribution in [0.4, 0.5) is 0 Å². The zero-order valence-electron chi connectivity index (χ0n) is 10.1. The van der Waals surface area contributed by atoms with Crippen molar-refractivity contribution in [2.24, 2.45) is 5.41 Å². The lowest BCUT2D eigenvalue weighted by Crippen LogP contribution is -2.40. The van der Waals surface area contributed by atoms with Crippen LogP contribution < -0.4 is 9.57 Å². The molecule has 0 spiro atoms. The number of nitrogens with zero attached hydrogens (tertiary/aromatic N) is 2. The first-order chi connectivity index (χ1) is 7.55. The second-order valence-electron chi connectivity index (χ2n) is 4.13. The molecule has 0 amide bonds. The van der Waals surface area contributed by atoms with E-state index in [0.29, 0.717) is 0 Å². The maximum absolute atomic E-state index is 9.12. The van der Waals surface area contributed by atoms with E-state index in [-0.39, 0.29) is 6.10 Å². The molecule has 0 fully saturated rings. The molecule has 0 bridgehead atoms. The lowest BCUT2D eigenvalue weighted by Gasteiger charge is -2.25. The monoisotopic (exact) mass is 221 g/mol. The smallest absolute Gasteiger partial charge is 0.228 e. The first-order valence-electron chi connectivity index (χ1n) is 5.05. The molecule has 1 aromatic heterocycles. The number of methoxy groups -OCH3 is 1. The van der Waals surface area contributed by atoms with Gasteiger partial charge in [-0.1, -0.05) is 0 Å². The highest BCUT2D eigenvalue weighted by Crippen LogP contribution is 2.34. The van der Waals surface area contributed by atoms with Crippen molar-refractivity contribution in [3.8, 4) is 6.07 Å². The molecule has 0 radical (unpaired) electrons. The van der Waals surface area contributed by atoms with Gasteiger partial charge in [0.1, 0.15) is 13.2 Å². The van der Waals surface area contributed by atoms with Crippen molar-refractivity contribution in [2.45, 2.75) is 20.0 Å². The highest BCUT2D eigenvalue weighted by Gasteiger charge is 2.32. The van der Waals surface area contributed by atoms with E-state index in [1.807, 2.05) is 32.2 Å². The number of hydrogen-bond donors (Lipinski definition) is 0. The van der Waals surface area contributed by atoms with Crippen molar-refractivity contribution in [3.63, 3.8) is 0 Å². The number of pyridine rings is 1. The van der Waals surface area contributed by atoms with Crippen LogP contribution in [0.1, 0.15) is 25.5 Å². The van der Waals surface area contributed by atoms with E-state index in [9.17, 15) is 0 Å². The van der Waals surface area contributed by atoms with Gasteiger partial charge in [-0.2, -0.15) is 5.26 Å². The number of nitriles is 1. The summed E-state index contributed by atoms with van der Waals surface area (Å²) in [4.78, 5) is 5.07. The van der Waals surface area contributed by atoms with Gasteiger partial charge in [-0.25, -0.2) is 0 Å². The molecular formula is C12H17N2O2+. The summed E-state index contributed by atoms with van der Waals surface area (Å²) >= 11 is 0. The molecule has 0 aliphatic heterocycles. The van der Waals surface area contributed by atoms with Crippen LogP contribution in [0.3, 0.4) is 0 Å². The van der Waals surface area contributed by atoms with Crippen LogP contribution in [0.15, 0.2) is 24.5 Å². The zero-order chi connectivity index (χ0) is 12.2. The Bertz CT molecular complexity index is 396. The van der Waals surface area contributed by atoms with Crippen LogP contribution in [-0.2, 0) is 4.74 Å². The van der Waals surface area contributed by atoms with Crippen molar-refractivity contribution in [2.75, 3.05) is 14.2 Å². The van der Waals surface area contributed by atoms with Gasteiger partial charge in [-0.15, -0.1) is 0 Å². The third-order valence-electron chi connectivity index (χ3n) is 2.49. The van der Waals surface area contributed by atoms with Crippen LogP contribution in [0.5, 0.6) is 0 Å². The van der Waals surface area contributed by atoms with Crippen LogP contribution in [-0.4, -0.2) is 14.2 Å². The van der Waals surface area contributed by atoms with Crippen molar-refractivity contribution in [1.82, 2.24) is 0 Å². The van der Waals surface area contributed by atoms with Crippen LogP contribution >= 0.6 is 0 Å². The lowest BCUT2D eigenvalue weighted by molar-refractivity contribution is -0.885. The first-order valence-corrected chi connectivity index (χ1v) is 5.05. The van der Waals surface area contributed by atoms with E-state index in [4.69, 9.17) is 14.8 Å². The maximum atomic E-state index is 9.12. The standard InChI is InChI=1S/C12H17N2O2/c1-12(2,9-13)11(15-3)10-6-5-7-14(8-10)16-4/h5-8,11H,1-4H3/q+1. The third-order valence-corrected chi connectivity index (χ3v) is 2.49. The molecular weight excluding hydrogens is 204 g/mol. The second kappa shape index (κ2) is 4.95. The Balaban J connectivity index is 3.09. The molecule has 1 rings (SSSR count). The Labute approximate surface area is 96.0 Å². The molecule has 1 heterocycles. The largest absolute Gasteiger partial charge is 0.375 e. The first kappa shape index (κ1) is 12.5. The number of ether oxygens (including phenoxy) is 1. The highest BCUT2D eigenvalue weighted by atomic mass is 16.6. The van der Waals surface area contributed by atoms with Crippen molar-refractivity contribution >= 4 is 0 Å². The molecule has 16 heavy (non-hydrogen) atoms. The number of rotatable bonds is 4. The van der Waals surface area contributed by atoms with Gasteiger partial charge in [0.2, 0.25) is 12.4 Å². The van der Waals surface area contributed by atoms with Gasteiger partial charge in [0.05, 0.1) is 17.0 Å². The van der Waals surface area contributed by atoms with E-state index in [0.717, 1.165) is 5.56 Å². The topological polar surface area (TPSA) is 46.1 Å². The van der Waals surface area contributed by atoms with Gasteiger partial charge in [0.15, 0.2) is 0 Å². The summed E-state index contributed by atoms with van der Waals surface area (Å²) in [7, 11) is 3.19. The highest BCUT2D eigenvalue weighted by molar-refractivity contribution is 5.16. The summed E-state index contributed by atoms with van der Waals surface area (Å²) in [5.41, 5.74) is 0.334. The molecule has 1 atom stereocenters. The molecule has 0 saturated heterocycles. The van der Waals surface area contributed by atoms with Crippen LogP contribution in [0.2, 0.25) is 0 Å². The normalized spacial score (nSPS) is 12.9. The Kier molecular flexibility index (Phi) is 3.86. The zero-order valence-corrected chi connectivity index (χ0v) is 10.1. The fourth-order valence-corrected chi connectivity index (χ4v) is 1.65. The molecule has 0 aliphatic carbocycles. The van der Waals surface area contributed by atoms with Gasteiger partial charge in [-0.05, 0) is 19.9 Å². The number of aromatic nitrogens is 1. The van der Waals surface area contributed by atoms with Gasteiger partial charge in [0, 0.05) is 17.9 Å². The molecule has 0 N–H and O–H groups in total. The molecule has 1 aromatic rings. The van der Waals surface area contributed by atoms with E-state index in [1.165, 1.54) is 0 Å². The Hall–Kier alpha value is -1.60. The van der Waals surface area contributed by atoms with Gasteiger partial charge < -0.3 is 4.74 Å². The fraction of sp³-hybridized carbons (Fsp3) is 0.500. The summed E-state index contributed by atoms with van der Waals surface area (Å²) < 4.78 is 6.98. The predicted molar refractivity (Wildman–Crippen MR) is 58.3 cm³/mol. The molecule has 4 heteroatoms. The minimum atomic E-state index is -0.582. The molecule has 4 nitrogen and oxygen atoms in total. The SMILES string of the molecule is COC(c1ccc[n+](OC)c1)C(C)(C)C#N. The average molecular weight is 221 g/mol. The fourth-order valence-electron chi connectivity index (χ4n) is 1.65. The van der Waals surface area contributed by atoms with Crippen LogP contribution in [0, 0.1) is 16.7 Å². The third kappa shape index (κ3) is 2.50. The summed E-state index contributed by atoms with van der Waals surface area (Å²) in [6.07, 6.45) is 3.32. The van der Waals surface area contributed by atoms with Gasteiger partial charge >= 0.3 is 0 Å². The minimum absolute atomic E-state index is 0.278. The predicted octanol–water partition coefficient (Wildman–Crippen LogP) is 1.27. The van der Waals surface area contributed by atoms with E-state index >= 15 is 0 Å². The average Bonchev–Trinajstić information content (AvgIpc) is 2.30. The van der Waals surface area contributed by atoms with E-state index in [1.54, 1.807) is 25.1 Å². The Morgan fingerprint density at radius 1 is 1.44 bits per heavy atom. The molecule has 0 aliphatic rings. The molecule has 86 valence electrons. The second-order valence-corrected chi connectivity index (χ2v) is 4.13. The summed E-state index contributed by atoms with van der Waals surface area (Å²) in [6.45, 7) is 3.70. The maximum Gasteiger partial charge on any atom is 0.228 e. The van der Waals surface area contributed by atoms with Crippen molar-refractivity contribution < 1.29 is 14.3 Å². The number of hydrogen-bond acceptors (Lipinski definition) is 3. The Morgan fingerprint density at radius 2 is 2.12 bits per heavy atom. The van der Waals surface area contributed by atoms with Crippen molar-refractivity contribution in [1.29, 1.82) is 5.26 Å². The summed E-state index contributed by atoms with van der Waals surface area (Å²) in [5.74, 6) is 0. The summed E-state index contributed by atoms with van der Waals surface area (Å²) in [5, 5.41) is 9.12. The lowest BCUT2D eigenvalue weighted by atomic mass is 9.84. The van der Waals surface area contributed by atoms with E-state index < -0.39 is 5.41 Å². The Morgan fingerprint density at radius 3 is 2.62 bits per heavy atom. The van der Waals surface area contributed by atoms with Crippen molar-refractivity contribution in [3.05, 3.63) is 30.1 Å². The molecule has 0 aromatic carbocycles. The van der Waals surface area contributed by atoms with E-state index in [2.05, 4.69) is 6.07 Å². The minimum Gasteiger partial charge on any atom is -0.375 e. The quantitative estimate of drug-likeness (QED) is 0.719. The summed E-state index contributed by atoms with van der Waals surface area (Å²) in [6, 6.07) is 6.03. The van der Waals surface area contributed by atoms with Gasteiger partial charge in [0.25, 0.3) is 0 Å².